The molecule has 0 fully saturated rings. The second-order valence-electron chi connectivity index (χ2n) is 3.99. The predicted molar refractivity (Wildman–Crippen MR) is 70.7 cm³/mol. The van der Waals surface area contributed by atoms with E-state index in [-0.39, 0.29) is 5.78 Å². The first-order valence-electron chi connectivity index (χ1n) is 5.37. The Kier molecular flexibility index (Phi) is 4.62. The number of hydrogen-bond donors (Lipinski definition) is 0. The van der Waals surface area contributed by atoms with Crippen molar-refractivity contribution in [3.8, 4) is 0 Å². The maximum absolute atomic E-state index is 11.8. The smallest absolute Gasteiger partial charge is 0.191 e. The number of carbonyl (C=O) groups is 1. The minimum Gasteiger partial charge on any atom is -0.292 e. The van der Waals surface area contributed by atoms with Crippen LogP contribution in [-0.4, -0.2) is 10.8 Å². The third kappa shape index (κ3) is 3.14. The van der Waals surface area contributed by atoms with Gasteiger partial charge in [0, 0.05) is 6.42 Å². The summed E-state index contributed by atoms with van der Waals surface area (Å²) < 4.78 is 0. The average molecular weight is 235 g/mol. The molecule has 0 N–H and O–H groups in total. The zero-order valence-electron chi connectivity index (χ0n) is 9.99. The van der Waals surface area contributed by atoms with Crippen LogP contribution in [0.5, 0.6) is 0 Å². The fraction of sp³-hybridized carbons (Fsp3) is 0.385. The number of rotatable bonds is 5. The number of thiazole rings is 1. The lowest BCUT2D eigenvalue weighted by Gasteiger charge is -1.99. The molecule has 1 aromatic heterocycles. The summed E-state index contributed by atoms with van der Waals surface area (Å²) in [4.78, 5) is 17.1. The maximum atomic E-state index is 11.8. The Labute approximate surface area is 101 Å². The fourth-order valence-corrected chi connectivity index (χ4v) is 2.33. The maximum Gasteiger partial charge on any atom is 0.191 e. The van der Waals surface area contributed by atoms with E-state index in [1.807, 2.05) is 32.9 Å². The molecule has 1 rings (SSSR count). The highest BCUT2D eigenvalue weighted by Gasteiger charge is 2.14. The molecular formula is C13H17NOS. The molecule has 0 unspecified atom stereocenters. The van der Waals surface area contributed by atoms with Gasteiger partial charge in [-0.3, -0.25) is 4.79 Å². The Bertz CT molecular complexity index is 416. The summed E-state index contributed by atoms with van der Waals surface area (Å²) in [5.74, 6) is 0.493. The highest BCUT2D eigenvalue weighted by molar-refractivity contribution is 7.14. The lowest BCUT2D eigenvalue weighted by Crippen LogP contribution is -2.02. The fourth-order valence-electron chi connectivity index (χ4n) is 1.34. The van der Waals surface area contributed by atoms with Gasteiger partial charge in [0.1, 0.15) is 0 Å². The third-order valence-corrected chi connectivity index (χ3v) is 3.10. The quantitative estimate of drug-likeness (QED) is 0.721. The summed E-state index contributed by atoms with van der Waals surface area (Å²) in [7, 11) is 0. The van der Waals surface area contributed by atoms with Gasteiger partial charge < -0.3 is 0 Å². The molecule has 2 nitrogen and oxygen atoms in total. The van der Waals surface area contributed by atoms with Gasteiger partial charge in [-0.1, -0.05) is 26.5 Å². The Morgan fingerprint density at radius 2 is 2.25 bits per heavy atom. The van der Waals surface area contributed by atoms with Crippen molar-refractivity contribution in [2.75, 3.05) is 0 Å². The van der Waals surface area contributed by atoms with Crippen LogP contribution < -0.4 is 0 Å². The molecule has 0 amide bonds. The summed E-state index contributed by atoms with van der Waals surface area (Å²) in [6.07, 6.45) is 6.15. The first-order valence-corrected chi connectivity index (χ1v) is 6.19. The Balaban J connectivity index is 2.98. The first-order chi connectivity index (χ1) is 7.58. The van der Waals surface area contributed by atoms with E-state index in [0.717, 1.165) is 10.6 Å². The molecule has 0 spiro atoms. The molecule has 0 aliphatic rings. The molecule has 3 heteroatoms. The van der Waals surface area contributed by atoms with Crippen LogP contribution in [0, 0.1) is 5.92 Å². The molecule has 0 aromatic carbocycles. The first kappa shape index (κ1) is 12.8. The van der Waals surface area contributed by atoms with Gasteiger partial charge >= 0.3 is 0 Å². The largest absolute Gasteiger partial charge is 0.292 e. The van der Waals surface area contributed by atoms with Crippen LogP contribution in [0.15, 0.2) is 12.7 Å². The zero-order chi connectivity index (χ0) is 12.1. The van der Waals surface area contributed by atoms with Gasteiger partial charge in [0.25, 0.3) is 0 Å². The van der Waals surface area contributed by atoms with Gasteiger partial charge in [0.15, 0.2) is 10.8 Å². The number of carbonyl (C=O) groups excluding carboxylic acids is 1. The van der Waals surface area contributed by atoms with Crippen LogP contribution >= 0.6 is 11.3 Å². The Morgan fingerprint density at radius 1 is 1.56 bits per heavy atom. The minimum absolute atomic E-state index is 0.124. The number of Topliss-reactive ketones (excluding diaryl/α,β-unsaturated/α-hetero) is 1. The third-order valence-electron chi connectivity index (χ3n) is 2.02. The van der Waals surface area contributed by atoms with E-state index in [2.05, 4.69) is 11.6 Å². The summed E-state index contributed by atoms with van der Waals surface area (Å²) >= 11 is 1.44. The lowest BCUT2D eigenvalue weighted by atomic mass is 10.1. The van der Waals surface area contributed by atoms with Crippen molar-refractivity contribution in [1.82, 2.24) is 4.98 Å². The van der Waals surface area contributed by atoms with Gasteiger partial charge in [-0.15, -0.1) is 11.3 Å². The van der Waals surface area contributed by atoms with Crippen LogP contribution in [0.3, 0.4) is 0 Å². The van der Waals surface area contributed by atoms with Crippen molar-refractivity contribution in [3.63, 3.8) is 0 Å². The molecule has 0 bridgehead atoms. The standard InChI is InChI=1S/C13H17NOS/c1-5-7-12-10(6-2)14-13(16-12)11(15)8-9(3)4/h5-7,9H,2,8H2,1,3-4H3/b7-5-. The number of hydrogen-bond acceptors (Lipinski definition) is 3. The lowest BCUT2D eigenvalue weighted by molar-refractivity contribution is 0.0967. The molecule has 0 saturated carbocycles. The topological polar surface area (TPSA) is 30.0 Å². The van der Waals surface area contributed by atoms with Gasteiger partial charge in [0.2, 0.25) is 0 Å². The van der Waals surface area contributed by atoms with E-state index in [0.29, 0.717) is 17.3 Å². The van der Waals surface area contributed by atoms with Crippen LogP contribution in [0.4, 0.5) is 0 Å². The summed E-state index contributed by atoms with van der Waals surface area (Å²) in [5, 5.41) is 0.594. The van der Waals surface area contributed by atoms with E-state index >= 15 is 0 Å². The number of allylic oxidation sites excluding steroid dienone is 1. The molecular weight excluding hydrogens is 218 g/mol. The van der Waals surface area contributed by atoms with Gasteiger partial charge in [0.05, 0.1) is 10.6 Å². The van der Waals surface area contributed by atoms with Gasteiger partial charge in [-0.2, -0.15) is 0 Å². The summed E-state index contributed by atoms with van der Waals surface area (Å²) in [6, 6.07) is 0. The van der Waals surface area contributed by atoms with Crippen molar-refractivity contribution in [1.29, 1.82) is 0 Å². The number of nitrogens with zero attached hydrogens (tertiary/aromatic N) is 1. The normalized spacial score (nSPS) is 11.2. The van der Waals surface area contributed by atoms with E-state index < -0.39 is 0 Å². The van der Waals surface area contributed by atoms with E-state index in [9.17, 15) is 4.79 Å². The molecule has 0 aliphatic heterocycles. The van der Waals surface area contributed by atoms with Crippen LogP contribution in [0.1, 0.15) is 47.6 Å². The average Bonchev–Trinajstić information content (AvgIpc) is 2.61. The second kappa shape index (κ2) is 5.75. The number of aromatic nitrogens is 1. The molecule has 1 heterocycles. The Morgan fingerprint density at radius 3 is 2.75 bits per heavy atom. The van der Waals surface area contributed by atoms with Crippen LogP contribution in [0.2, 0.25) is 0 Å². The molecule has 0 saturated heterocycles. The minimum atomic E-state index is 0.124. The molecule has 86 valence electrons. The SMILES string of the molecule is C=Cc1nc(C(=O)CC(C)C)sc1/C=C\C. The Hall–Kier alpha value is -1.22. The van der Waals surface area contributed by atoms with Gasteiger partial charge in [-0.05, 0) is 25.0 Å². The van der Waals surface area contributed by atoms with Crippen molar-refractivity contribution in [2.45, 2.75) is 27.2 Å². The predicted octanol–water partition coefficient (Wildman–Crippen LogP) is 4.05. The van der Waals surface area contributed by atoms with Crippen molar-refractivity contribution < 1.29 is 4.79 Å². The summed E-state index contributed by atoms with van der Waals surface area (Å²) in [5.41, 5.74) is 0.801. The summed E-state index contributed by atoms with van der Waals surface area (Å²) in [6.45, 7) is 9.72. The van der Waals surface area contributed by atoms with E-state index in [4.69, 9.17) is 0 Å². The van der Waals surface area contributed by atoms with E-state index in [1.165, 1.54) is 11.3 Å². The highest BCUT2D eigenvalue weighted by Crippen LogP contribution is 2.23. The van der Waals surface area contributed by atoms with Crippen LogP contribution in [-0.2, 0) is 0 Å². The van der Waals surface area contributed by atoms with Crippen molar-refractivity contribution >= 4 is 29.3 Å². The van der Waals surface area contributed by atoms with Crippen molar-refractivity contribution in [2.24, 2.45) is 5.92 Å². The van der Waals surface area contributed by atoms with Crippen LogP contribution in [0.25, 0.3) is 12.2 Å². The molecule has 1 aromatic rings. The van der Waals surface area contributed by atoms with E-state index in [1.54, 1.807) is 6.08 Å². The highest BCUT2D eigenvalue weighted by atomic mass is 32.1. The molecule has 0 aliphatic carbocycles. The molecule has 16 heavy (non-hydrogen) atoms. The molecule has 0 atom stereocenters. The van der Waals surface area contributed by atoms with Gasteiger partial charge in [-0.25, -0.2) is 4.98 Å². The zero-order valence-corrected chi connectivity index (χ0v) is 10.8. The monoisotopic (exact) mass is 235 g/mol. The number of ketones is 1. The van der Waals surface area contributed by atoms with Crippen molar-refractivity contribution in [3.05, 3.63) is 28.2 Å². The molecule has 0 radical (unpaired) electrons. The second-order valence-corrected chi connectivity index (χ2v) is 5.02.